The molecular weight excluding hydrogens is 268 g/mol. The van der Waals surface area contributed by atoms with Gasteiger partial charge in [-0.15, -0.1) is 0 Å². The summed E-state index contributed by atoms with van der Waals surface area (Å²) in [6.07, 6.45) is 4.57. The third-order valence-electron chi connectivity index (χ3n) is 4.80. The molecule has 0 unspecified atom stereocenters. The molecule has 0 saturated heterocycles. The lowest BCUT2D eigenvalue weighted by molar-refractivity contribution is -0.132. The Kier molecular flexibility index (Phi) is 3.69. The molecule has 2 aliphatic carbocycles. The molecule has 0 aliphatic heterocycles. The summed E-state index contributed by atoms with van der Waals surface area (Å²) in [4.78, 5) is 24.0. The van der Waals surface area contributed by atoms with Gasteiger partial charge in [-0.3, -0.25) is 25.1 Å². The Morgan fingerprint density at radius 3 is 2.67 bits per heavy atom. The summed E-state index contributed by atoms with van der Waals surface area (Å²) >= 11 is 0. The van der Waals surface area contributed by atoms with Crippen molar-refractivity contribution in [1.29, 1.82) is 0 Å². The van der Waals surface area contributed by atoms with Gasteiger partial charge in [0.25, 0.3) is 5.91 Å². The molecule has 6 nitrogen and oxygen atoms in total. The van der Waals surface area contributed by atoms with Gasteiger partial charge in [-0.25, -0.2) is 0 Å². The minimum atomic E-state index is -0.252. The van der Waals surface area contributed by atoms with Crippen LogP contribution in [0.3, 0.4) is 0 Å². The molecule has 1 aromatic heterocycles. The molecule has 2 saturated carbocycles. The Bertz CT molecular complexity index is 566. The molecule has 2 N–H and O–H groups in total. The number of hydrogen-bond donors (Lipinski definition) is 2. The van der Waals surface area contributed by atoms with Crippen LogP contribution in [0.4, 0.5) is 0 Å². The van der Waals surface area contributed by atoms with Crippen molar-refractivity contribution < 1.29 is 9.59 Å². The van der Waals surface area contributed by atoms with Gasteiger partial charge in [-0.05, 0) is 51.0 Å². The Morgan fingerprint density at radius 2 is 2.10 bits per heavy atom. The van der Waals surface area contributed by atoms with Crippen molar-refractivity contribution in [3.05, 3.63) is 17.5 Å². The first-order valence-corrected chi connectivity index (χ1v) is 7.62. The predicted octanol–water partition coefficient (Wildman–Crippen LogP) is 1.08. The number of aryl methyl sites for hydroxylation is 2. The number of aromatic nitrogens is 2. The van der Waals surface area contributed by atoms with Gasteiger partial charge in [0.15, 0.2) is 0 Å². The molecule has 2 fully saturated rings. The highest BCUT2D eigenvalue weighted by atomic mass is 16.2. The van der Waals surface area contributed by atoms with Crippen molar-refractivity contribution in [1.82, 2.24) is 20.6 Å². The number of nitrogens with zero attached hydrogens (tertiary/aromatic N) is 2. The van der Waals surface area contributed by atoms with Crippen molar-refractivity contribution in [2.24, 2.45) is 17.8 Å². The van der Waals surface area contributed by atoms with Gasteiger partial charge in [-0.2, -0.15) is 5.10 Å². The lowest BCUT2D eigenvalue weighted by Crippen LogP contribution is -2.46. The van der Waals surface area contributed by atoms with E-state index in [4.69, 9.17) is 0 Å². The number of rotatable bonds is 3. The van der Waals surface area contributed by atoms with Crippen LogP contribution in [-0.4, -0.2) is 21.6 Å². The first kappa shape index (κ1) is 14.1. The zero-order chi connectivity index (χ0) is 15.0. The Labute approximate surface area is 124 Å². The normalized spacial score (nSPS) is 26.9. The number of amides is 2. The molecule has 3 atom stereocenters. The van der Waals surface area contributed by atoms with Crippen LogP contribution in [-0.2, 0) is 16.1 Å². The number of hydrazine groups is 1. The van der Waals surface area contributed by atoms with Crippen molar-refractivity contribution in [2.75, 3.05) is 0 Å². The average molecular weight is 290 g/mol. The maximum atomic E-state index is 12.1. The fourth-order valence-electron chi connectivity index (χ4n) is 3.80. The summed E-state index contributed by atoms with van der Waals surface area (Å²) in [7, 11) is 0. The van der Waals surface area contributed by atoms with Gasteiger partial charge in [0.2, 0.25) is 5.91 Å². The molecule has 6 heteroatoms. The van der Waals surface area contributed by atoms with Crippen LogP contribution in [0.1, 0.15) is 37.1 Å². The molecule has 1 aromatic rings. The fourth-order valence-corrected chi connectivity index (χ4v) is 3.80. The number of fused-ring (bicyclic) bond motifs is 2. The first-order chi connectivity index (χ1) is 10.0. The van der Waals surface area contributed by atoms with Crippen LogP contribution in [0.25, 0.3) is 0 Å². The third-order valence-corrected chi connectivity index (χ3v) is 4.80. The Morgan fingerprint density at radius 1 is 1.29 bits per heavy atom. The van der Waals surface area contributed by atoms with Crippen molar-refractivity contribution in [3.8, 4) is 0 Å². The second-order valence-corrected chi connectivity index (χ2v) is 6.40. The second-order valence-electron chi connectivity index (χ2n) is 6.40. The van der Waals surface area contributed by atoms with Crippen LogP contribution < -0.4 is 10.9 Å². The van der Waals surface area contributed by atoms with E-state index in [2.05, 4.69) is 16.0 Å². The van der Waals surface area contributed by atoms with Gasteiger partial charge in [0, 0.05) is 11.6 Å². The lowest BCUT2D eigenvalue weighted by atomic mass is 9.88. The van der Waals surface area contributed by atoms with Crippen LogP contribution in [0.2, 0.25) is 0 Å². The Hall–Kier alpha value is -1.85. The largest absolute Gasteiger partial charge is 0.273 e. The number of carbonyl (C=O) groups is 2. The molecule has 114 valence electrons. The minimum absolute atomic E-state index is 0.0380. The van der Waals surface area contributed by atoms with Crippen molar-refractivity contribution in [3.63, 3.8) is 0 Å². The summed E-state index contributed by atoms with van der Waals surface area (Å²) < 4.78 is 1.63. The van der Waals surface area contributed by atoms with E-state index in [1.165, 1.54) is 12.8 Å². The van der Waals surface area contributed by atoms with E-state index in [9.17, 15) is 9.59 Å². The van der Waals surface area contributed by atoms with E-state index in [0.717, 1.165) is 30.1 Å². The van der Waals surface area contributed by atoms with Gasteiger partial charge >= 0.3 is 0 Å². The van der Waals surface area contributed by atoms with E-state index >= 15 is 0 Å². The predicted molar refractivity (Wildman–Crippen MR) is 76.9 cm³/mol. The summed E-state index contributed by atoms with van der Waals surface area (Å²) in [6.45, 7) is 3.91. The third kappa shape index (κ3) is 2.94. The SMILES string of the molecule is Cc1cc(C)n(CC(=O)NNC(=O)[C@H]2C[C@H]3CC[C@H]2C3)n1. The van der Waals surface area contributed by atoms with E-state index in [1.54, 1.807) is 4.68 Å². The Balaban J connectivity index is 1.47. The summed E-state index contributed by atoms with van der Waals surface area (Å²) in [5.74, 6) is 1.03. The topological polar surface area (TPSA) is 76.0 Å². The smallest absolute Gasteiger partial charge is 0.260 e. The van der Waals surface area contributed by atoms with Crippen LogP contribution in [0, 0.1) is 31.6 Å². The molecular formula is C15H22N4O2. The summed E-state index contributed by atoms with van der Waals surface area (Å²) in [5.41, 5.74) is 6.89. The van der Waals surface area contributed by atoms with Crippen molar-refractivity contribution in [2.45, 2.75) is 46.1 Å². The van der Waals surface area contributed by atoms with Gasteiger partial charge in [0.1, 0.15) is 6.54 Å². The van der Waals surface area contributed by atoms with Gasteiger partial charge in [-0.1, -0.05) is 6.42 Å². The van der Waals surface area contributed by atoms with E-state index in [0.29, 0.717) is 5.92 Å². The maximum absolute atomic E-state index is 12.1. The van der Waals surface area contributed by atoms with Crippen molar-refractivity contribution >= 4 is 11.8 Å². The molecule has 0 spiro atoms. The second kappa shape index (κ2) is 5.50. The number of nitrogens with one attached hydrogen (secondary N) is 2. The highest BCUT2D eigenvalue weighted by molar-refractivity contribution is 5.83. The molecule has 2 bridgehead atoms. The van der Waals surface area contributed by atoms with E-state index in [-0.39, 0.29) is 24.3 Å². The van der Waals surface area contributed by atoms with Gasteiger partial charge < -0.3 is 0 Å². The summed E-state index contributed by atoms with van der Waals surface area (Å²) in [6, 6.07) is 1.92. The molecule has 2 amide bonds. The molecule has 0 aromatic carbocycles. The zero-order valence-electron chi connectivity index (χ0n) is 12.6. The fraction of sp³-hybridized carbons (Fsp3) is 0.667. The quantitative estimate of drug-likeness (QED) is 0.818. The number of hydrogen-bond acceptors (Lipinski definition) is 3. The van der Waals surface area contributed by atoms with Crippen LogP contribution in [0.15, 0.2) is 6.07 Å². The minimum Gasteiger partial charge on any atom is -0.273 e. The molecule has 21 heavy (non-hydrogen) atoms. The van der Waals surface area contributed by atoms with Crippen LogP contribution >= 0.6 is 0 Å². The molecule has 0 radical (unpaired) electrons. The molecule has 3 rings (SSSR count). The molecule has 2 aliphatic rings. The highest BCUT2D eigenvalue weighted by Crippen LogP contribution is 2.48. The lowest BCUT2D eigenvalue weighted by Gasteiger charge is -2.20. The van der Waals surface area contributed by atoms with E-state index in [1.807, 2.05) is 19.9 Å². The standard InChI is InChI=1S/C15H22N4O2/c1-9-5-10(2)19(18-9)8-14(20)16-17-15(21)13-7-11-3-4-12(13)6-11/h5,11-13H,3-4,6-8H2,1-2H3,(H,16,20)(H,17,21)/t11-,12-,13-/m0/s1. The highest BCUT2D eigenvalue weighted by Gasteiger charge is 2.43. The first-order valence-electron chi connectivity index (χ1n) is 7.62. The van der Waals surface area contributed by atoms with Gasteiger partial charge in [0.05, 0.1) is 5.69 Å². The molecule has 1 heterocycles. The zero-order valence-corrected chi connectivity index (χ0v) is 12.6. The van der Waals surface area contributed by atoms with E-state index < -0.39 is 0 Å². The average Bonchev–Trinajstić information content (AvgIpc) is 3.12. The summed E-state index contributed by atoms with van der Waals surface area (Å²) in [5, 5.41) is 4.23. The maximum Gasteiger partial charge on any atom is 0.260 e. The number of carbonyl (C=O) groups excluding carboxylic acids is 2. The monoisotopic (exact) mass is 290 g/mol. The van der Waals surface area contributed by atoms with Crippen LogP contribution in [0.5, 0.6) is 0 Å².